The summed E-state index contributed by atoms with van der Waals surface area (Å²) in [5.41, 5.74) is 1.56. The number of thiophene rings is 1. The largest absolute Gasteiger partial charge is 0.490 e. The van der Waals surface area contributed by atoms with Gasteiger partial charge >= 0.3 is 24.3 Å². The highest BCUT2D eigenvalue weighted by molar-refractivity contribution is 7.12. The van der Waals surface area contributed by atoms with Crippen LogP contribution in [0.1, 0.15) is 34.5 Å². The van der Waals surface area contributed by atoms with Crippen LogP contribution in [0.5, 0.6) is 0 Å². The summed E-state index contributed by atoms with van der Waals surface area (Å²) in [7, 11) is 0. The Morgan fingerprint density at radius 2 is 1.58 bits per heavy atom. The average molecular weight is 570 g/mol. The summed E-state index contributed by atoms with van der Waals surface area (Å²) in [5.74, 6) is -5.30. The number of halogens is 6. The van der Waals surface area contributed by atoms with E-state index in [1.807, 2.05) is 36.0 Å². The highest BCUT2D eigenvalue weighted by atomic mass is 32.1. The number of carboxylic acid groups (broad SMARTS) is 2. The van der Waals surface area contributed by atoms with E-state index in [9.17, 15) is 31.1 Å². The van der Waals surface area contributed by atoms with E-state index in [1.165, 1.54) is 18.4 Å². The SMILES string of the molecule is O=C(O)C(F)(F)F.O=C(O)C(F)(F)F.O=C(c1cccs1)N1CCCC2(CCN(Cc3cccnc3)C2)C1. The molecule has 0 aromatic carbocycles. The minimum absolute atomic E-state index is 0.217. The second-order valence-corrected chi connectivity index (χ2v) is 9.68. The van der Waals surface area contributed by atoms with Crippen LogP contribution in [-0.2, 0) is 16.1 Å². The van der Waals surface area contributed by atoms with Gasteiger partial charge in [-0.05, 0) is 48.9 Å². The van der Waals surface area contributed by atoms with Crippen molar-refractivity contribution in [1.82, 2.24) is 14.8 Å². The molecule has 2 aliphatic rings. The van der Waals surface area contributed by atoms with Gasteiger partial charge in [0.15, 0.2) is 0 Å². The maximum absolute atomic E-state index is 12.7. The summed E-state index contributed by atoms with van der Waals surface area (Å²) in [5, 5.41) is 16.2. The summed E-state index contributed by atoms with van der Waals surface area (Å²) in [4.78, 5) is 40.2. The lowest BCUT2D eigenvalue weighted by atomic mass is 9.79. The number of hydrogen-bond donors (Lipinski definition) is 2. The molecule has 2 aromatic heterocycles. The molecular weight excluding hydrogens is 544 g/mol. The zero-order chi connectivity index (χ0) is 28.6. The molecule has 15 heteroatoms. The van der Waals surface area contributed by atoms with Crippen LogP contribution >= 0.6 is 11.3 Å². The van der Waals surface area contributed by atoms with Gasteiger partial charge in [0, 0.05) is 44.0 Å². The summed E-state index contributed by atoms with van der Waals surface area (Å²) in [6.45, 7) is 4.99. The van der Waals surface area contributed by atoms with Crippen molar-refractivity contribution in [3.63, 3.8) is 0 Å². The van der Waals surface area contributed by atoms with E-state index in [4.69, 9.17) is 19.8 Å². The Labute approximate surface area is 217 Å². The van der Waals surface area contributed by atoms with Crippen LogP contribution in [0.2, 0.25) is 0 Å². The van der Waals surface area contributed by atoms with E-state index in [1.54, 1.807) is 11.3 Å². The Bertz CT molecular complexity index is 1040. The molecule has 0 radical (unpaired) electrons. The Morgan fingerprint density at radius 3 is 2.08 bits per heavy atom. The Hall–Kier alpha value is -3.20. The quantitative estimate of drug-likeness (QED) is 0.523. The zero-order valence-electron chi connectivity index (χ0n) is 19.8. The number of piperidine rings is 1. The van der Waals surface area contributed by atoms with Gasteiger partial charge in [0.05, 0.1) is 4.88 Å². The third kappa shape index (κ3) is 9.59. The molecule has 1 spiro atoms. The first-order valence-corrected chi connectivity index (χ1v) is 12.1. The smallest absolute Gasteiger partial charge is 0.475 e. The number of pyridine rings is 1. The molecule has 1 amide bonds. The monoisotopic (exact) mass is 569 g/mol. The molecular formula is C23H25F6N3O5S. The summed E-state index contributed by atoms with van der Waals surface area (Å²) in [6, 6.07) is 8.05. The van der Waals surface area contributed by atoms with Gasteiger partial charge < -0.3 is 15.1 Å². The van der Waals surface area contributed by atoms with Gasteiger partial charge in [-0.2, -0.15) is 26.3 Å². The first-order chi connectivity index (χ1) is 17.6. The normalized spacial score (nSPS) is 19.7. The number of carbonyl (C=O) groups is 3. The zero-order valence-corrected chi connectivity index (χ0v) is 20.7. The summed E-state index contributed by atoms with van der Waals surface area (Å²) < 4.78 is 63.5. The third-order valence-corrected chi connectivity index (χ3v) is 6.67. The number of alkyl halides is 6. The van der Waals surface area contributed by atoms with E-state index >= 15 is 0 Å². The number of likely N-dealkylation sites (tertiary alicyclic amines) is 2. The fraction of sp³-hybridized carbons (Fsp3) is 0.478. The highest BCUT2D eigenvalue weighted by Crippen LogP contribution is 2.40. The van der Waals surface area contributed by atoms with Crippen molar-refractivity contribution in [3.8, 4) is 0 Å². The number of aromatic nitrogens is 1. The van der Waals surface area contributed by atoms with Crippen molar-refractivity contribution in [2.75, 3.05) is 26.2 Å². The van der Waals surface area contributed by atoms with Gasteiger partial charge in [-0.3, -0.25) is 14.7 Å². The predicted molar refractivity (Wildman–Crippen MR) is 123 cm³/mol. The Morgan fingerprint density at radius 1 is 0.947 bits per heavy atom. The predicted octanol–water partition coefficient (Wildman–Crippen LogP) is 4.54. The second-order valence-electron chi connectivity index (χ2n) is 8.74. The Kier molecular flexibility index (Phi) is 10.6. The molecule has 210 valence electrons. The molecule has 38 heavy (non-hydrogen) atoms. The number of carboxylic acids is 2. The lowest BCUT2D eigenvalue weighted by Crippen LogP contribution is -2.47. The van der Waals surface area contributed by atoms with E-state index in [-0.39, 0.29) is 11.3 Å². The van der Waals surface area contributed by atoms with Crippen LogP contribution in [0.25, 0.3) is 0 Å². The fourth-order valence-electron chi connectivity index (χ4n) is 4.18. The van der Waals surface area contributed by atoms with Gasteiger partial charge in [0.2, 0.25) is 0 Å². The van der Waals surface area contributed by atoms with Crippen molar-refractivity contribution in [1.29, 1.82) is 0 Å². The van der Waals surface area contributed by atoms with Crippen LogP contribution < -0.4 is 0 Å². The standard InChI is InChI=1S/C19H23N3OS.2C2HF3O2/c23-18(17-5-2-11-24-17)22-9-3-6-19(15-22)7-10-21(14-19)13-16-4-1-8-20-12-16;2*3-2(4,5)1(6)7/h1-2,4-5,8,11-12H,3,6-7,9-10,13-15H2;2*(H,6,7). The molecule has 2 aliphatic heterocycles. The maximum atomic E-state index is 12.7. The number of hydrogen-bond acceptors (Lipinski definition) is 6. The minimum Gasteiger partial charge on any atom is -0.475 e. The molecule has 2 aromatic rings. The number of rotatable bonds is 3. The lowest BCUT2D eigenvalue weighted by Gasteiger charge is -2.40. The maximum Gasteiger partial charge on any atom is 0.490 e. The van der Waals surface area contributed by atoms with Gasteiger partial charge in [0.25, 0.3) is 5.91 Å². The number of carbonyl (C=O) groups excluding carboxylic acids is 1. The average Bonchev–Trinajstić information content (AvgIpc) is 3.50. The number of nitrogens with zero attached hydrogens (tertiary/aromatic N) is 3. The van der Waals surface area contributed by atoms with Gasteiger partial charge in [-0.1, -0.05) is 12.1 Å². The first-order valence-electron chi connectivity index (χ1n) is 11.2. The van der Waals surface area contributed by atoms with E-state index in [2.05, 4.69) is 20.9 Å². The van der Waals surface area contributed by atoms with Crippen molar-refractivity contribution in [3.05, 3.63) is 52.5 Å². The molecule has 2 fully saturated rings. The number of aliphatic carboxylic acids is 2. The fourth-order valence-corrected chi connectivity index (χ4v) is 4.87. The summed E-state index contributed by atoms with van der Waals surface area (Å²) in [6.07, 6.45) is -2.83. The van der Waals surface area contributed by atoms with E-state index in [0.717, 1.165) is 44.0 Å². The van der Waals surface area contributed by atoms with Crippen molar-refractivity contribution >= 4 is 29.2 Å². The molecule has 0 aliphatic carbocycles. The molecule has 0 bridgehead atoms. The van der Waals surface area contributed by atoms with E-state index in [0.29, 0.717) is 0 Å². The van der Waals surface area contributed by atoms with Gasteiger partial charge in [0.1, 0.15) is 0 Å². The minimum atomic E-state index is -5.08. The van der Waals surface area contributed by atoms with Crippen molar-refractivity contribution < 1.29 is 50.9 Å². The van der Waals surface area contributed by atoms with Crippen molar-refractivity contribution in [2.24, 2.45) is 5.41 Å². The first kappa shape index (κ1) is 31.0. The molecule has 2 saturated heterocycles. The molecule has 4 heterocycles. The molecule has 2 N–H and O–H groups in total. The van der Waals surface area contributed by atoms with Gasteiger partial charge in [-0.25, -0.2) is 9.59 Å². The van der Waals surface area contributed by atoms with Crippen molar-refractivity contribution in [2.45, 2.75) is 38.2 Å². The molecule has 8 nitrogen and oxygen atoms in total. The molecule has 4 rings (SSSR count). The highest BCUT2D eigenvalue weighted by Gasteiger charge is 2.42. The molecule has 1 unspecified atom stereocenters. The third-order valence-electron chi connectivity index (χ3n) is 5.81. The topological polar surface area (TPSA) is 111 Å². The number of amides is 1. The van der Waals surface area contributed by atoms with Crippen LogP contribution in [0.4, 0.5) is 26.3 Å². The van der Waals surface area contributed by atoms with Crippen LogP contribution in [0, 0.1) is 5.41 Å². The molecule has 0 saturated carbocycles. The van der Waals surface area contributed by atoms with Crippen LogP contribution in [0.15, 0.2) is 42.0 Å². The summed E-state index contributed by atoms with van der Waals surface area (Å²) >= 11 is 1.55. The molecule has 1 atom stereocenters. The Balaban J connectivity index is 0.000000301. The van der Waals surface area contributed by atoms with Crippen LogP contribution in [0.3, 0.4) is 0 Å². The van der Waals surface area contributed by atoms with E-state index < -0.39 is 24.3 Å². The van der Waals surface area contributed by atoms with Gasteiger partial charge in [-0.15, -0.1) is 11.3 Å². The lowest BCUT2D eigenvalue weighted by molar-refractivity contribution is -0.193. The van der Waals surface area contributed by atoms with Crippen LogP contribution in [-0.4, -0.2) is 81.4 Å². The second kappa shape index (κ2) is 13.0.